The van der Waals surface area contributed by atoms with E-state index in [0.29, 0.717) is 36.1 Å². The summed E-state index contributed by atoms with van der Waals surface area (Å²) in [5.74, 6) is -0.227. The van der Waals surface area contributed by atoms with Crippen LogP contribution in [0.3, 0.4) is 0 Å². The zero-order valence-corrected chi connectivity index (χ0v) is 16.4. The number of benzene rings is 2. The van der Waals surface area contributed by atoms with Crippen molar-refractivity contribution in [2.75, 3.05) is 19.7 Å². The molecule has 2 aromatic carbocycles. The van der Waals surface area contributed by atoms with Crippen LogP contribution in [0.25, 0.3) is 0 Å². The Labute approximate surface area is 165 Å². The summed E-state index contributed by atoms with van der Waals surface area (Å²) < 4.78 is 5.32. The van der Waals surface area contributed by atoms with Gasteiger partial charge in [-0.15, -0.1) is 0 Å². The van der Waals surface area contributed by atoms with Crippen LogP contribution in [0.15, 0.2) is 60.7 Å². The summed E-state index contributed by atoms with van der Waals surface area (Å²) in [6.07, 6.45) is 1.09. The third kappa shape index (κ3) is 4.25. The predicted molar refractivity (Wildman–Crippen MR) is 106 cm³/mol. The molecule has 2 aromatic rings. The van der Waals surface area contributed by atoms with Gasteiger partial charge in [0, 0.05) is 13.1 Å². The lowest BCUT2D eigenvalue weighted by Crippen LogP contribution is -2.46. The van der Waals surface area contributed by atoms with E-state index < -0.39 is 11.6 Å². The van der Waals surface area contributed by atoms with Gasteiger partial charge in [-0.2, -0.15) is 0 Å². The molecule has 5 nitrogen and oxygen atoms in total. The van der Waals surface area contributed by atoms with E-state index in [1.54, 1.807) is 53.4 Å². The molecule has 0 radical (unpaired) electrons. The molecule has 0 bridgehead atoms. The molecule has 2 atom stereocenters. The van der Waals surface area contributed by atoms with Gasteiger partial charge in [0.25, 0.3) is 5.91 Å². The van der Waals surface area contributed by atoms with E-state index in [1.165, 1.54) is 0 Å². The standard InChI is InChI=1S/C23H27NO4/c1-17-13-18(2)15-24(14-17)21(25)16-28-22(26)23(27,19-9-5-3-6-10-19)20-11-7-4-8-12-20/h3-12,17-18,27H,13-16H2,1-2H3/t17-,18-/m0/s1. The van der Waals surface area contributed by atoms with Crippen molar-refractivity contribution in [2.24, 2.45) is 11.8 Å². The van der Waals surface area contributed by atoms with Gasteiger partial charge in [-0.1, -0.05) is 74.5 Å². The van der Waals surface area contributed by atoms with E-state index in [1.807, 2.05) is 12.1 Å². The molecule has 1 heterocycles. The first-order valence-electron chi connectivity index (χ1n) is 9.69. The fourth-order valence-electron chi connectivity index (χ4n) is 3.95. The quantitative estimate of drug-likeness (QED) is 0.809. The summed E-state index contributed by atoms with van der Waals surface area (Å²) in [5.41, 5.74) is -1.16. The van der Waals surface area contributed by atoms with E-state index in [2.05, 4.69) is 13.8 Å². The van der Waals surface area contributed by atoms with E-state index >= 15 is 0 Å². The second-order valence-electron chi connectivity index (χ2n) is 7.76. The first kappa shape index (κ1) is 20.1. The smallest absolute Gasteiger partial charge is 0.348 e. The maximum Gasteiger partial charge on any atom is 0.348 e. The van der Waals surface area contributed by atoms with Gasteiger partial charge in [0.2, 0.25) is 5.60 Å². The minimum Gasteiger partial charge on any atom is -0.453 e. The van der Waals surface area contributed by atoms with Crippen molar-refractivity contribution in [3.63, 3.8) is 0 Å². The molecule has 3 rings (SSSR count). The lowest BCUT2D eigenvalue weighted by atomic mass is 9.86. The second kappa shape index (κ2) is 8.57. The highest BCUT2D eigenvalue weighted by atomic mass is 16.6. The summed E-state index contributed by atoms with van der Waals surface area (Å²) in [6, 6.07) is 17.3. The molecule has 0 aliphatic carbocycles. The number of amides is 1. The third-order valence-electron chi connectivity index (χ3n) is 5.23. The SMILES string of the molecule is C[C@H]1C[C@H](C)CN(C(=O)COC(=O)C(O)(c2ccccc2)c2ccccc2)C1. The highest BCUT2D eigenvalue weighted by Crippen LogP contribution is 2.31. The van der Waals surface area contributed by atoms with Gasteiger partial charge in [0.05, 0.1) is 0 Å². The predicted octanol–water partition coefficient (Wildman–Crippen LogP) is 2.97. The van der Waals surface area contributed by atoms with Crippen LogP contribution in [0.2, 0.25) is 0 Å². The summed E-state index contributed by atoms with van der Waals surface area (Å²) in [6.45, 7) is 5.20. The minimum absolute atomic E-state index is 0.227. The van der Waals surface area contributed by atoms with Crippen LogP contribution in [-0.2, 0) is 19.9 Å². The Kier molecular flexibility index (Phi) is 6.15. The summed E-state index contributed by atoms with van der Waals surface area (Å²) in [5, 5.41) is 11.3. The number of nitrogens with zero attached hydrogens (tertiary/aromatic N) is 1. The van der Waals surface area contributed by atoms with Crippen LogP contribution < -0.4 is 0 Å². The fourth-order valence-corrected chi connectivity index (χ4v) is 3.95. The number of hydrogen-bond donors (Lipinski definition) is 1. The lowest BCUT2D eigenvalue weighted by molar-refractivity contribution is -0.167. The number of rotatable bonds is 5. The average molecular weight is 381 g/mol. The summed E-state index contributed by atoms with van der Waals surface area (Å²) in [4.78, 5) is 27.2. The Hall–Kier alpha value is -2.66. The zero-order valence-electron chi connectivity index (χ0n) is 16.4. The normalized spacial score (nSPS) is 19.9. The number of carbonyl (C=O) groups excluding carboxylic acids is 2. The van der Waals surface area contributed by atoms with Crippen molar-refractivity contribution < 1.29 is 19.4 Å². The van der Waals surface area contributed by atoms with Gasteiger partial charge in [-0.3, -0.25) is 4.79 Å². The number of likely N-dealkylation sites (tertiary alicyclic amines) is 1. The van der Waals surface area contributed by atoms with Gasteiger partial charge < -0.3 is 14.7 Å². The molecule has 0 aromatic heterocycles. The highest BCUT2D eigenvalue weighted by Gasteiger charge is 2.42. The molecule has 1 N–H and O–H groups in total. The van der Waals surface area contributed by atoms with Gasteiger partial charge in [-0.05, 0) is 29.4 Å². The third-order valence-corrected chi connectivity index (χ3v) is 5.23. The van der Waals surface area contributed by atoms with E-state index in [0.717, 1.165) is 6.42 Å². The molecule has 1 fully saturated rings. The molecule has 1 amide bonds. The van der Waals surface area contributed by atoms with Crippen LogP contribution in [0.4, 0.5) is 0 Å². The summed E-state index contributed by atoms with van der Waals surface area (Å²) in [7, 11) is 0. The number of carbonyl (C=O) groups is 2. The highest BCUT2D eigenvalue weighted by molar-refractivity contribution is 5.88. The Balaban J connectivity index is 1.76. The Morgan fingerprint density at radius 1 is 0.964 bits per heavy atom. The summed E-state index contributed by atoms with van der Waals surface area (Å²) >= 11 is 0. The van der Waals surface area contributed by atoms with Crippen LogP contribution >= 0.6 is 0 Å². The largest absolute Gasteiger partial charge is 0.453 e. The number of aliphatic hydroxyl groups is 1. The van der Waals surface area contributed by atoms with Crippen molar-refractivity contribution in [1.82, 2.24) is 4.90 Å². The molecule has 5 heteroatoms. The van der Waals surface area contributed by atoms with Crippen molar-refractivity contribution in [3.8, 4) is 0 Å². The monoisotopic (exact) mass is 381 g/mol. The Morgan fingerprint density at radius 2 is 1.43 bits per heavy atom. The molecule has 0 spiro atoms. The van der Waals surface area contributed by atoms with Gasteiger partial charge in [0.1, 0.15) is 0 Å². The Bertz CT molecular complexity index is 756. The maximum absolute atomic E-state index is 12.9. The first-order chi connectivity index (χ1) is 13.4. The molecular formula is C23H27NO4. The number of piperidine rings is 1. The van der Waals surface area contributed by atoms with Gasteiger partial charge in [-0.25, -0.2) is 4.79 Å². The molecule has 1 aliphatic rings. The van der Waals surface area contributed by atoms with Crippen molar-refractivity contribution in [1.29, 1.82) is 0 Å². The maximum atomic E-state index is 12.9. The molecule has 1 saturated heterocycles. The fraction of sp³-hybridized carbons (Fsp3) is 0.391. The molecular weight excluding hydrogens is 354 g/mol. The number of hydrogen-bond acceptors (Lipinski definition) is 4. The molecule has 0 unspecified atom stereocenters. The van der Waals surface area contributed by atoms with Crippen LogP contribution in [-0.4, -0.2) is 41.6 Å². The van der Waals surface area contributed by atoms with E-state index in [-0.39, 0.29) is 12.5 Å². The van der Waals surface area contributed by atoms with E-state index in [4.69, 9.17) is 4.74 Å². The second-order valence-corrected chi connectivity index (χ2v) is 7.76. The van der Waals surface area contributed by atoms with Crippen molar-refractivity contribution in [3.05, 3.63) is 71.8 Å². The van der Waals surface area contributed by atoms with Crippen molar-refractivity contribution >= 4 is 11.9 Å². The molecule has 0 saturated carbocycles. The topological polar surface area (TPSA) is 66.8 Å². The van der Waals surface area contributed by atoms with Crippen LogP contribution in [0.5, 0.6) is 0 Å². The zero-order chi connectivity index (χ0) is 20.1. The van der Waals surface area contributed by atoms with Crippen molar-refractivity contribution in [2.45, 2.75) is 25.9 Å². The average Bonchev–Trinajstić information content (AvgIpc) is 2.71. The minimum atomic E-state index is -1.97. The molecule has 148 valence electrons. The molecule has 1 aliphatic heterocycles. The van der Waals surface area contributed by atoms with Crippen LogP contribution in [0, 0.1) is 11.8 Å². The number of esters is 1. The Morgan fingerprint density at radius 3 is 1.89 bits per heavy atom. The first-order valence-corrected chi connectivity index (χ1v) is 9.69. The number of ether oxygens (including phenoxy) is 1. The van der Waals surface area contributed by atoms with Crippen LogP contribution in [0.1, 0.15) is 31.4 Å². The van der Waals surface area contributed by atoms with E-state index in [9.17, 15) is 14.7 Å². The van der Waals surface area contributed by atoms with Gasteiger partial charge >= 0.3 is 5.97 Å². The van der Waals surface area contributed by atoms with Gasteiger partial charge in [0.15, 0.2) is 6.61 Å². The lowest BCUT2D eigenvalue weighted by Gasteiger charge is -2.35. The molecule has 28 heavy (non-hydrogen) atoms.